The summed E-state index contributed by atoms with van der Waals surface area (Å²) in [7, 11) is 0. The number of hydrogen-bond acceptors (Lipinski definition) is 1. The number of hydrogen-bond donors (Lipinski definition) is 0. The lowest BCUT2D eigenvalue weighted by molar-refractivity contribution is 1.28. The maximum Gasteiger partial charge on any atom is 0.0467 e. The highest BCUT2D eigenvalue weighted by Crippen LogP contribution is 2.39. The van der Waals surface area contributed by atoms with Crippen molar-refractivity contribution in [2.45, 2.75) is 0 Å². The summed E-state index contributed by atoms with van der Waals surface area (Å²) in [4.78, 5) is 2.35. The third-order valence-corrected chi connectivity index (χ3v) is 10.0. The normalized spacial score (nSPS) is 11.0. The zero-order valence-corrected chi connectivity index (χ0v) is 29.3. The standard InChI is InChI=1S/C52H37N/c1-4-12-38(13-5-1)41-26-30-50(31-27-41)53(51-32-28-42(29-33-51)39-14-6-2-7-15-39)52-21-11-20-45(37-52)43-18-10-19-44(34-43)47-24-25-48-35-46(22-23-49(48)36-47)40-16-8-3-9-17-40/h1-37H. The Morgan fingerprint density at radius 3 is 0.981 bits per heavy atom. The van der Waals surface area contributed by atoms with Gasteiger partial charge in [0.1, 0.15) is 0 Å². The van der Waals surface area contributed by atoms with Crippen molar-refractivity contribution in [3.63, 3.8) is 0 Å². The molecule has 0 heterocycles. The van der Waals surface area contributed by atoms with Crippen molar-refractivity contribution in [1.29, 1.82) is 0 Å². The van der Waals surface area contributed by atoms with Crippen LogP contribution in [0.4, 0.5) is 17.1 Å². The first kappa shape index (κ1) is 32.0. The molecule has 0 spiro atoms. The van der Waals surface area contributed by atoms with Gasteiger partial charge in [-0.1, -0.05) is 170 Å². The minimum Gasteiger partial charge on any atom is -0.310 e. The van der Waals surface area contributed by atoms with Crippen molar-refractivity contribution in [2.24, 2.45) is 0 Å². The molecule has 0 bridgehead atoms. The van der Waals surface area contributed by atoms with Crippen molar-refractivity contribution in [3.8, 4) is 55.6 Å². The molecule has 0 aliphatic heterocycles. The summed E-state index contributed by atoms with van der Waals surface area (Å²) in [6, 6.07) is 80.8. The highest BCUT2D eigenvalue weighted by Gasteiger charge is 2.15. The molecule has 0 N–H and O–H groups in total. The van der Waals surface area contributed by atoms with Gasteiger partial charge in [0.05, 0.1) is 0 Å². The first-order valence-electron chi connectivity index (χ1n) is 18.2. The Morgan fingerprint density at radius 1 is 0.189 bits per heavy atom. The lowest BCUT2D eigenvalue weighted by Crippen LogP contribution is -2.10. The molecule has 0 atom stereocenters. The Bertz CT molecular complexity index is 2540. The van der Waals surface area contributed by atoms with Crippen molar-refractivity contribution >= 4 is 27.8 Å². The van der Waals surface area contributed by atoms with Crippen molar-refractivity contribution in [2.75, 3.05) is 4.90 Å². The predicted molar refractivity (Wildman–Crippen MR) is 226 cm³/mol. The van der Waals surface area contributed by atoms with Crippen LogP contribution in [0, 0.1) is 0 Å². The van der Waals surface area contributed by atoms with Crippen molar-refractivity contribution in [3.05, 3.63) is 224 Å². The molecule has 250 valence electrons. The zero-order chi connectivity index (χ0) is 35.4. The lowest BCUT2D eigenvalue weighted by atomic mass is 9.95. The highest BCUT2D eigenvalue weighted by atomic mass is 15.1. The smallest absolute Gasteiger partial charge is 0.0467 e. The van der Waals surface area contributed by atoms with E-state index in [9.17, 15) is 0 Å². The molecular weight excluding hydrogens is 639 g/mol. The minimum atomic E-state index is 1.10. The maximum atomic E-state index is 2.35. The van der Waals surface area contributed by atoms with E-state index in [0.717, 1.165) is 17.1 Å². The monoisotopic (exact) mass is 675 g/mol. The van der Waals surface area contributed by atoms with Crippen LogP contribution in [0.25, 0.3) is 66.4 Å². The van der Waals surface area contributed by atoms with Gasteiger partial charge < -0.3 is 4.90 Å². The largest absolute Gasteiger partial charge is 0.310 e. The minimum absolute atomic E-state index is 1.10. The van der Waals surface area contributed by atoms with Gasteiger partial charge in [-0.3, -0.25) is 0 Å². The quantitative estimate of drug-likeness (QED) is 0.155. The summed E-state index contributed by atoms with van der Waals surface area (Å²) in [5, 5.41) is 2.48. The molecule has 0 fully saturated rings. The van der Waals surface area contributed by atoms with Crippen molar-refractivity contribution in [1.82, 2.24) is 0 Å². The zero-order valence-electron chi connectivity index (χ0n) is 29.3. The average Bonchev–Trinajstić information content (AvgIpc) is 3.25. The van der Waals surface area contributed by atoms with E-state index in [0.29, 0.717) is 0 Å². The average molecular weight is 676 g/mol. The summed E-state index contributed by atoms with van der Waals surface area (Å²) in [6.45, 7) is 0. The molecule has 9 aromatic rings. The Morgan fingerprint density at radius 2 is 0.509 bits per heavy atom. The van der Waals surface area contributed by atoms with Crippen LogP contribution in [0.3, 0.4) is 0 Å². The maximum absolute atomic E-state index is 2.35. The molecule has 0 radical (unpaired) electrons. The number of fused-ring (bicyclic) bond motifs is 1. The molecule has 1 nitrogen and oxygen atoms in total. The van der Waals surface area contributed by atoms with E-state index in [1.807, 2.05) is 0 Å². The van der Waals surface area contributed by atoms with E-state index in [-0.39, 0.29) is 0 Å². The Labute approximate surface area is 311 Å². The van der Waals surface area contributed by atoms with Gasteiger partial charge in [0, 0.05) is 17.1 Å². The van der Waals surface area contributed by atoms with Gasteiger partial charge in [-0.2, -0.15) is 0 Å². The molecule has 9 rings (SSSR count). The number of anilines is 3. The third kappa shape index (κ3) is 6.77. The van der Waals surface area contributed by atoms with Gasteiger partial charge >= 0.3 is 0 Å². The van der Waals surface area contributed by atoms with Gasteiger partial charge in [-0.25, -0.2) is 0 Å². The van der Waals surface area contributed by atoms with Gasteiger partial charge in [0.2, 0.25) is 0 Å². The fraction of sp³-hybridized carbons (Fsp3) is 0. The summed E-state index contributed by atoms with van der Waals surface area (Å²) >= 11 is 0. The third-order valence-electron chi connectivity index (χ3n) is 10.0. The van der Waals surface area contributed by atoms with Crippen LogP contribution in [-0.2, 0) is 0 Å². The number of nitrogens with zero attached hydrogens (tertiary/aromatic N) is 1. The predicted octanol–water partition coefficient (Wildman–Crippen LogP) is 14.6. The van der Waals surface area contributed by atoms with Gasteiger partial charge in [-0.05, 0) is 121 Å². The van der Waals surface area contributed by atoms with E-state index in [2.05, 4.69) is 229 Å². The molecule has 0 amide bonds. The first-order chi connectivity index (χ1) is 26.2. The molecule has 1 heteroatoms. The van der Waals surface area contributed by atoms with E-state index < -0.39 is 0 Å². The number of rotatable bonds is 8. The second-order valence-corrected chi connectivity index (χ2v) is 13.4. The molecule has 0 aromatic heterocycles. The lowest BCUT2D eigenvalue weighted by Gasteiger charge is -2.26. The Hall–Kier alpha value is -6.96. The van der Waals surface area contributed by atoms with Crippen LogP contribution >= 0.6 is 0 Å². The summed E-state index contributed by atoms with van der Waals surface area (Å²) in [5.74, 6) is 0. The second kappa shape index (κ2) is 14.3. The highest BCUT2D eigenvalue weighted by molar-refractivity contribution is 5.91. The molecule has 0 saturated heterocycles. The molecule has 9 aromatic carbocycles. The SMILES string of the molecule is c1ccc(-c2ccc(N(c3ccc(-c4ccccc4)cc3)c3cccc(-c4cccc(-c5ccc6cc(-c7ccccc7)ccc6c5)c4)c3)cc2)cc1. The summed E-state index contributed by atoms with van der Waals surface area (Å²) < 4.78 is 0. The first-order valence-corrected chi connectivity index (χ1v) is 18.2. The van der Waals surface area contributed by atoms with Crippen LogP contribution in [-0.4, -0.2) is 0 Å². The van der Waals surface area contributed by atoms with E-state index in [1.165, 1.54) is 66.4 Å². The Balaban J connectivity index is 1.06. The van der Waals surface area contributed by atoms with Crippen LogP contribution in [0.2, 0.25) is 0 Å². The Kier molecular flexibility index (Phi) is 8.66. The van der Waals surface area contributed by atoms with Gasteiger partial charge in [-0.15, -0.1) is 0 Å². The van der Waals surface area contributed by atoms with Crippen LogP contribution in [0.5, 0.6) is 0 Å². The fourth-order valence-corrected chi connectivity index (χ4v) is 7.25. The van der Waals surface area contributed by atoms with Crippen LogP contribution < -0.4 is 4.90 Å². The van der Waals surface area contributed by atoms with Crippen LogP contribution in [0.15, 0.2) is 224 Å². The number of benzene rings is 9. The summed E-state index contributed by atoms with van der Waals surface area (Å²) in [5.41, 5.74) is 15.4. The molecule has 0 saturated carbocycles. The van der Waals surface area contributed by atoms with Crippen LogP contribution in [0.1, 0.15) is 0 Å². The van der Waals surface area contributed by atoms with E-state index in [4.69, 9.17) is 0 Å². The van der Waals surface area contributed by atoms with E-state index >= 15 is 0 Å². The second-order valence-electron chi connectivity index (χ2n) is 13.4. The molecule has 0 unspecified atom stereocenters. The molecular formula is C52H37N. The van der Waals surface area contributed by atoms with Gasteiger partial charge in [0.15, 0.2) is 0 Å². The molecule has 0 aliphatic carbocycles. The fourth-order valence-electron chi connectivity index (χ4n) is 7.25. The van der Waals surface area contributed by atoms with Gasteiger partial charge in [0.25, 0.3) is 0 Å². The summed E-state index contributed by atoms with van der Waals surface area (Å²) in [6.07, 6.45) is 0. The molecule has 53 heavy (non-hydrogen) atoms. The van der Waals surface area contributed by atoms with Crippen molar-refractivity contribution < 1.29 is 0 Å². The topological polar surface area (TPSA) is 3.24 Å². The molecule has 0 aliphatic rings. The van der Waals surface area contributed by atoms with E-state index in [1.54, 1.807) is 0 Å².